The van der Waals surface area contributed by atoms with Crippen LogP contribution in [0.25, 0.3) is 21.8 Å². The average molecular weight is 426 g/mol. The highest BCUT2D eigenvalue weighted by Gasteiger charge is 2.32. The van der Waals surface area contributed by atoms with Gasteiger partial charge in [0.2, 0.25) is 0 Å². The first kappa shape index (κ1) is 18.0. The van der Waals surface area contributed by atoms with Crippen LogP contribution in [0.4, 0.5) is 21.6 Å². The maximum Gasteiger partial charge on any atom is 0.161 e. The molecule has 0 aliphatic carbocycles. The molecule has 0 spiro atoms. The molecule has 2 atom stereocenters. The van der Waals surface area contributed by atoms with Gasteiger partial charge >= 0.3 is 0 Å². The topological polar surface area (TPSA) is 73.8 Å². The number of benzene rings is 2. The maximum atomic E-state index is 14.4. The van der Waals surface area contributed by atoms with Crippen LogP contribution < -0.4 is 15.5 Å². The molecule has 4 aromatic rings. The lowest BCUT2D eigenvalue weighted by molar-refractivity contribution is 0.466. The first-order valence-corrected chi connectivity index (χ1v) is 10.5. The quantitative estimate of drug-likeness (QED) is 0.464. The molecule has 2 bridgehead atoms. The highest BCUT2D eigenvalue weighted by atomic mass is 35.5. The first-order valence-electron chi connectivity index (χ1n) is 10.1. The number of aromatic amines is 1. The van der Waals surface area contributed by atoms with Crippen molar-refractivity contribution in [3.63, 3.8) is 0 Å². The van der Waals surface area contributed by atoms with Crippen molar-refractivity contribution in [2.45, 2.75) is 24.9 Å². The monoisotopic (exact) mass is 425 g/mol. The number of anilines is 3. The second-order valence-corrected chi connectivity index (χ2v) is 8.70. The summed E-state index contributed by atoms with van der Waals surface area (Å²) in [5.74, 6) is 0.196. The maximum absolute atomic E-state index is 14.4. The summed E-state index contributed by atoms with van der Waals surface area (Å²) in [6.45, 7) is 1.98. The van der Waals surface area contributed by atoms with Gasteiger partial charge in [-0.15, -0.1) is 0 Å². The second kappa shape index (κ2) is 6.58. The Hall–Kier alpha value is -2.84. The van der Waals surface area contributed by atoms with Crippen LogP contribution in [0.2, 0.25) is 5.02 Å². The minimum Gasteiger partial charge on any atom is -0.368 e. The van der Waals surface area contributed by atoms with E-state index >= 15 is 0 Å². The van der Waals surface area contributed by atoms with E-state index in [0.29, 0.717) is 34.1 Å². The molecule has 2 unspecified atom stereocenters. The van der Waals surface area contributed by atoms with Gasteiger partial charge in [0.15, 0.2) is 11.6 Å². The van der Waals surface area contributed by atoms with Gasteiger partial charge in [0.25, 0.3) is 0 Å². The fourth-order valence-corrected chi connectivity index (χ4v) is 5.10. The van der Waals surface area contributed by atoms with Gasteiger partial charge in [0.05, 0.1) is 15.9 Å². The van der Waals surface area contributed by atoms with Crippen LogP contribution >= 0.6 is 11.6 Å². The Morgan fingerprint density at radius 1 is 1.17 bits per heavy atom. The lowest BCUT2D eigenvalue weighted by Crippen LogP contribution is -2.51. The number of aromatic nitrogens is 4. The van der Waals surface area contributed by atoms with E-state index in [1.165, 1.54) is 18.9 Å². The largest absolute Gasteiger partial charge is 0.368 e. The second-order valence-electron chi connectivity index (χ2n) is 8.29. The Morgan fingerprint density at radius 2 is 1.97 bits per heavy atom. The molecule has 154 valence electrons. The van der Waals surface area contributed by atoms with Crippen molar-refractivity contribution in [3.05, 3.63) is 41.3 Å². The summed E-state index contributed by atoms with van der Waals surface area (Å²) in [6.07, 6.45) is 4.24. The van der Waals surface area contributed by atoms with Crippen molar-refractivity contribution in [1.82, 2.24) is 25.3 Å². The van der Waals surface area contributed by atoms with E-state index in [0.717, 1.165) is 35.1 Å². The van der Waals surface area contributed by atoms with Gasteiger partial charge in [0.1, 0.15) is 5.52 Å². The molecule has 0 radical (unpaired) electrons. The Bertz CT molecular complexity index is 1270. The van der Waals surface area contributed by atoms with Gasteiger partial charge in [0, 0.05) is 55.2 Å². The van der Waals surface area contributed by atoms with Crippen LogP contribution in [0.5, 0.6) is 0 Å². The summed E-state index contributed by atoms with van der Waals surface area (Å²) in [5.41, 5.74) is 2.90. The first-order chi connectivity index (χ1) is 14.5. The molecule has 2 aliphatic heterocycles. The molecule has 7 nitrogen and oxygen atoms in total. The van der Waals surface area contributed by atoms with Crippen LogP contribution in [-0.4, -0.2) is 45.2 Å². The van der Waals surface area contributed by atoms with E-state index < -0.39 is 0 Å². The van der Waals surface area contributed by atoms with E-state index in [9.17, 15) is 4.39 Å². The third-order valence-electron chi connectivity index (χ3n) is 6.12. The molecule has 2 aromatic carbocycles. The molecular weight excluding hydrogens is 405 g/mol. The molecule has 2 aromatic heterocycles. The summed E-state index contributed by atoms with van der Waals surface area (Å²) in [6, 6.07) is 8.47. The van der Waals surface area contributed by atoms with Crippen molar-refractivity contribution in [1.29, 1.82) is 0 Å². The molecule has 0 saturated carbocycles. The molecule has 6 rings (SSSR count). The molecule has 3 N–H and O–H groups in total. The number of rotatable bonds is 3. The van der Waals surface area contributed by atoms with Crippen LogP contribution in [0, 0.1) is 5.82 Å². The SMILES string of the molecule is Cn1cc2cc(Nc3n[nH]c4cc(N5CC6CCC(C5)N6)cc(Cl)c34)cc(F)c2n1. The number of piperazine rings is 1. The molecule has 2 fully saturated rings. The van der Waals surface area contributed by atoms with Crippen molar-refractivity contribution in [2.75, 3.05) is 23.3 Å². The Labute approximate surface area is 177 Å². The normalized spacial score (nSPS) is 21.1. The molecule has 4 heterocycles. The van der Waals surface area contributed by atoms with Crippen molar-refractivity contribution in [2.24, 2.45) is 7.05 Å². The van der Waals surface area contributed by atoms with Crippen molar-refractivity contribution in [3.8, 4) is 0 Å². The Kier molecular flexibility index (Phi) is 3.94. The fraction of sp³-hybridized carbons (Fsp3) is 0.333. The van der Waals surface area contributed by atoms with E-state index in [2.05, 4.69) is 36.9 Å². The van der Waals surface area contributed by atoms with Crippen LogP contribution in [0.3, 0.4) is 0 Å². The lowest BCUT2D eigenvalue weighted by atomic mass is 10.1. The molecule has 0 amide bonds. The van der Waals surface area contributed by atoms with Gasteiger partial charge in [-0.25, -0.2) is 4.39 Å². The molecule has 9 heteroatoms. The summed E-state index contributed by atoms with van der Waals surface area (Å²) in [4.78, 5) is 2.39. The number of H-pyrrole nitrogens is 1. The predicted octanol–water partition coefficient (Wildman–Crippen LogP) is 3.93. The number of hydrogen-bond acceptors (Lipinski definition) is 5. The molecule has 30 heavy (non-hydrogen) atoms. The zero-order chi connectivity index (χ0) is 20.4. The van der Waals surface area contributed by atoms with E-state index in [4.69, 9.17) is 11.6 Å². The minimum absolute atomic E-state index is 0.350. The lowest BCUT2D eigenvalue weighted by Gasteiger charge is -2.34. The van der Waals surface area contributed by atoms with E-state index in [-0.39, 0.29) is 5.82 Å². The molecule has 2 saturated heterocycles. The fourth-order valence-electron chi connectivity index (χ4n) is 4.80. The van der Waals surface area contributed by atoms with Crippen LogP contribution in [0.1, 0.15) is 12.8 Å². The summed E-state index contributed by atoms with van der Waals surface area (Å²) < 4.78 is 16.0. The minimum atomic E-state index is -0.378. The van der Waals surface area contributed by atoms with Crippen molar-refractivity contribution < 1.29 is 4.39 Å². The predicted molar refractivity (Wildman–Crippen MR) is 117 cm³/mol. The number of hydrogen-bond donors (Lipinski definition) is 3. The number of halogens is 2. The number of aryl methyl sites for hydroxylation is 1. The number of nitrogens with zero attached hydrogens (tertiary/aromatic N) is 4. The van der Waals surface area contributed by atoms with Crippen LogP contribution in [-0.2, 0) is 7.05 Å². The van der Waals surface area contributed by atoms with Gasteiger partial charge in [-0.2, -0.15) is 10.2 Å². The Morgan fingerprint density at radius 3 is 2.77 bits per heavy atom. The third kappa shape index (κ3) is 2.90. The standard InChI is InChI=1S/C21H21ClFN7/c1-29-8-11-4-14(5-17(23)20(11)28-29)25-21-19-16(22)6-15(7-18(19)26-27-21)30-9-12-2-3-13(10-30)24-12/h4-8,12-13,24H,2-3,9-10H2,1H3,(H2,25,26,27). The zero-order valence-corrected chi connectivity index (χ0v) is 17.2. The smallest absolute Gasteiger partial charge is 0.161 e. The van der Waals surface area contributed by atoms with Crippen LogP contribution in [0.15, 0.2) is 30.5 Å². The average Bonchev–Trinajstić information content (AvgIpc) is 3.38. The Balaban J connectivity index is 1.34. The molecule has 2 aliphatic rings. The van der Waals surface area contributed by atoms with E-state index in [1.807, 2.05) is 12.1 Å². The van der Waals surface area contributed by atoms with Gasteiger partial charge in [-0.1, -0.05) is 11.6 Å². The van der Waals surface area contributed by atoms with Gasteiger partial charge in [-0.3, -0.25) is 9.78 Å². The van der Waals surface area contributed by atoms with E-state index in [1.54, 1.807) is 17.9 Å². The summed E-state index contributed by atoms with van der Waals surface area (Å²) in [5, 5.41) is 20.6. The number of fused-ring (bicyclic) bond motifs is 4. The van der Waals surface area contributed by atoms with Gasteiger partial charge < -0.3 is 15.5 Å². The number of nitrogens with one attached hydrogen (secondary N) is 3. The molecular formula is C21H21ClFN7. The van der Waals surface area contributed by atoms with Gasteiger partial charge in [-0.05, 0) is 37.1 Å². The third-order valence-corrected chi connectivity index (χ3v) is 6.42. The summed E-state index contributed by atoms with van der Waals surface area (Å²) in [7, 11) is 1.77. The highest BCUT2D eigenvalue weighted by Crippen LogP contribution is 2.36. The van der Waals surface area contributed by atoms with Crippen molar-refractivity contribution >= 4 is 50.6 Å². The zero-order valence-electron chi connectivity index (χ0n) is 16.4. The summed E-state index contributed by atoms with van der Waals surface area (Å²) >= 11 is 6.68. The highest BCUT2D eigenvalue weighted by molar-refractivity contribution is 6.36.